The topological polar surface area (TPSA) is 41.6 Å². The standard InChI is InChI=1S/C12H24N2O2/c1-3-4-9-16-10-5-7-13-11-6-8-14(2)12(11)15/h11,13H,3-10H2,1-2H3. The maximum atomic E-state index is 11.5. The second kappa shape index (κ2) is 7.63. The molecule has 16 heavy (non-hydrogen) atoms. The van der Waals surface area contributed by atoms with Crippen LogP contribution in [0.3, 0.4) is 0 Å². The van der Waals surface area contributed by atoms with Gasteiger partial charge >= 0.3 is 0 Å². The molecule has 0 aromatic heterocycles. The minimum atomic E-state index is 0.0423. The number of ether oxygens (including phenoxy) is 1. The van der Waals surface area contributed by atoms with Crippen LogP contribution in [0, 0.1) is 0 Å². The van der Waals surface area contributed by atoms with Crippen LogP contribution in [0.1, 0.15) is 32.6 Å². The third kappa shape index (κ3) is 4.49. The molecule has 1 aliphatic heterocycles. The smallest absolute Gasteiger partial charge is 0.239 e. The molecule has 1 atom stereocenters. The number of hydrogen-bond acceptors (Lipinski definition) is 3. The van der Waals surface area contributed by atoms with Gasteiger partial charge in [0.25, 0.3) is 0 Å². The number of unbranched alkanes of at least 4 members (excludes halogenated alkanes) is 1. The fourth-order valence-corrected chi connectivity index (χ4v) is 1.81. The zero-order valence-electron chi connectivity index (χ0n) is 10.5. The van der Waals surface area contributed by atoms with Crippen molar-refractivity contribution in [1.29, 1.82) is 0 Å². The third-order valence-corrected chi connectivity index (χ3v) is 2.93. The van der Waals surface area contributed by atoms with Crippen LogP contribution in [0.5, 0.6) is 0 Å². The van der Waals surface area contributed by atoms with E-state index in [0.29, 0.717) is 0 Å². The van der Waals surface area contributed by atoms with Crippen molar-refractivity contribution in [2.75, 3.05) is 33.4 Å². The lowest BCUT2D eigenvalue weighted by Gasteiger charge is -2.12. The minimum absolute atomic E-state index is 0.0423. The lowest BCUT2D eigenvalue weighted by Crippen LogP contribution is -2.37. The second-order valence-electron chi connectivity index (χ2n) is 4.37. The monoisotopic (exact) mass is 228 g/mol. The molecule has 0 radical (unpaired) electrons. The van der Waals surface area contributed by atoms with E-state index in [0.717, 1.165) is 45.6 Å². The number of likely N-dealkylation sites (tertiary alicyclic amines) is 1. The minimum Gasteiger partial charge on any atom is -0.381 e. The van der Waals surface area contributed by atoms with Crippen molar-refractivity contribution in [3.63, 3.8) is 0 Å². The molecule has 0 aliphatic carbocycles. The molecule has 1 N–H and O–H groups in total. The Balaban J connectivity index is 1.93. The highest BCUT2D eigenvalue weighted by Gasteiger charge is 2.27. The Labute approximate surface area is 98.3 Å². The van der Waals surface area contributed by atoms with Gasteiger partial charge in [-0.25, -0.2) is 0 Å². The molecule has 0 aromatic rings. The van der Waals surface area contributed by atoms with Crippen LogP contribution in [0.25, 0.3) is 0 Å². The van der Waals surface area contributed by atoms with E-state index in [1.54, 1.807) is 4.90 Å². The third-order valence-electron chi connectivity index (χ3n) is 2.93. The second-order valence-corrected chi connectivity index (χ2v) is 4.37. The van der Waals surface area contributed by atoms with Crippen LogP contribution in [0.15, 0.2) is 0 Å². The average Bonchev–Trinajstić information content (AvgIpc) is 2.59. The number of hydrogen-bond donors (Lipinski definition) is 1. The van der Waals surface area contributed by atoms with Gasteiger partial charge in [0.05, 0.1) is 6.04 Å². The van der Waals surface area contributed by atoms with Crippen molar-refractivity contribution in [1.82, 2.24) is 10.2 Å². The Morgan fingerprint density at radius 3 is 2.81 bits per heavy atom. The molecule has 1 amide bonds. The molecule has 0 bridgehead atoms. The molecular formula is C12H24N2O2. The molecule has 1 heterocycles. The van der Waals surface area contributed by atoms with Crippen LogP contribution < -0.4 is 5.32 Å². The van der Waals surface area contributed by atoms with Crippen molar-refractivity contribution in [2.45, 2.75) is 38.6 Å². The summed E-state index contributed by atoms with van der Waals surface area (Å²) in [7, 11) is 1.86. The van der Waals surface area contributed by atoms with E-state index in [-0.39, 0.29) is 11.9 Å². The van der Waals surface area contributed by atoms with Gasteiger partial charge in [0.2, 0.25) is 5.91 Å². The van der Waals surface area contributed by atoms with E-state index in [1.165, 1.54) is 6.42 Å². The van der Waals surface area contributed by atoms with Crippen molar-refractivity contribution in [2.24, 2.45) is 0 Å². The summed E-state index contributed by atoms with van der Waals surface area (Å²) in [4.78, 5) is 13.3. The van der Waals surface area contributed by atoms with Gasteiger partial charge < -0.3 is 15.0 Å². The fourth-order valence-electron chi connectivity index (χ4n) is 1.81. The molecular weight excluding hydrogens is 204 g/mol. The summed E-state index contributed by atoms with van der Waals surface area (Å²) < 4.78 is 5.45. The predicted molar refractivity (Wildman–Crippen MR) is 64.4 cm³/mol. The Kier molecular flexibility index (Phi) is 6.42. The van der Waals surface area contributed by atoms with Crippen molar-refractivity contribution in [3.8, 4) is 0 Å². The van der Waals surface area contributed by atoms with Gasteiger partial charge in [-0.2, -0.15) is 0 Å². The fraction of sp³-hybridized carbons (Fsp3) is 0.917. The number of amides is 1. The van der Waals surface area contributed by atoms with Gasteiger partial charge in [0, 0.05) is 26.8 Å². The van der Waals surface area contributed by atoms with Crippen LogP contribution >= 0.6 is 0 Å². The molecule has 4 heteroatoms. The molecule has 1 fully saturated rings. The number of nitrogens with one attached hydrogen (secondary N) is 1. The zero-order chi connectivity index (χ0) is 11.8. The summed E-state index contributed by atoms with van der Waals surface area (Å²) in [6.45, 7) is 5.57. The van der Waals surface area contributed by atoms with Crippen molar-refractivity contribution >= 4 is 5.91 Å². The van der Waals surface area contributed by atoms with Gasteiger partial charge in [-0.3, -0.25) is 4.79 Å². The molecule has 94 valence electrons. The first kappa shape index (κ1) is 13.5. The molecule has 1 saturated heterocycles. The van der Waals surface area contributed by atoms with E-state index in [9.17, 15) is 4.79 Å². The normalized spacial score (nSPS) is 20.8. The number of carbonyl (C=O) groups excluding carboxylic acids is 1. The Bertz CT molecular complexity index is 209. The van der Waals surface area contributed by atoms with Crippen LogP contribution in [0.4, 0.5) is 0 Å². The Hall–Kier alpha value is -0.610. The molecule has 1 aliphatic rings. The average molecular weight is 228 g/mol. The predicted octanol–water partition coefficient (Wildman–Crippen LogP) is 1.01. The largest absolute Gasteiger partial charge is 0.381 e. The maximum Gasteiger partial charge on any atom is 0.239 e. The Morgan fingerprint density at radius 2 is 2.19 bits per heavy atom. The zero-order valence-corrected chi connectivity index (χ0v) is 10.5. The highest BCUT2D eigenvalue weighted by Crippen LogP contribution is 2.07. The number of nitrogens with zero attached hydrogens (tertiary/aromatic N) is 1. The molecule has 0 saturated carbocycles. The van der Waals surface area contributed by atoms with E-state index in [1.807, 2.05) is 7.05 Å². The highest BCUT2D eigenvalue weighted by atomic mass is 16.5. The quantitative estimate of drug-likeness (QED) is 0.631. The summed E-state index contributed by atoms with van der Waals surface area (Å²) >= 11 is 0. The van der Waals surface area contributed by atoms with Crippen molar-refractivity contribution < 1.29 is 9.53 Å². The highest BCUT2D eigenvalue weighted by molar-refractivity contribution is 5.83. The molecule has 4 nitrogen and oxygen atoms in total. The van der Waals surface area contributed by atoms with Gasteiger partial charge in [0.1, 0.15) is 0 Å². The first-order chi connectivity index (χ1) is 7.75. The van der Waals surface area contributed by atoms with Crippen LogP contribution in [-0.2, 0) is 9.53 Å². The number of likely N-dealkylation sites (N-methyl/N-ethyl adjacent to an activating group) is 1. The van der Waals surface area contributed by atoms with E-state index in [2.05, 4.69) is 12.2 Å². The van der Waals surface area contributed by atoms with E-state index >= 15 is 0 Å². The van der Waals surface area contributed by atoms with E-state index < -0.39 is 0 Å². The van der Waals surface area contributed by atoms with Crippen LogP contribution in [0.2, 0.25) is 0 Å². The van der Waals surface area contributed by atoms with Gasteiger partial charge in [-0.15, -0.1) is 0 Å². The maximum absolute atomic E-state index is 11.5. The summed E-state index contributed by atoms with van der Waals surface area (Å²) in [6.07, 6.45) is 4.24. The molecule has 1 unspecified atom stereocenters. The molecule has 0 spiro atoms. The molecule has 0 aromatic carbocycles. The van der Waals surface area contributed by atoms with E-state index in [4.69, 9.17) is 4.74 Å². The first-order valence-corrected chi connectivity index (χ1v) is 6.31. The summed E-state index contributed by atoms with van der Waals surface area (Å²) in [5.41, 5.74) is 0. The Morgan fingerprint density at radius 1 is 1.44 bits per heavy atom. The van der Waals surface area contributed by atoms with Crippen LogP contribution in [-0.4, -0.2) is 50.2 Å². The van der Waals surface area contributed by atoms with Gasteiger partial charge in [-0.1, -0.05) is 13.3 Å². The molecule has 1 rings (SSSR count). The number of carbonyl (C=O) groups is 1. The first-order valence-electron chi connectivity index (χ1n) is 6.31. The number of rotatable bonds is 8. The van der Waals surface area contributed by atoms with Crippen molar-refractivity contribution in [3.05, 3.63) is 0 Å². The van der Waals surface area contributed by atoms with Gasteiger partial charge in [-0.05, 0) is 25.8 Å². The summed E-state index contributed by atoms with van der Waals surface area (Å²) in [5, 5.41) is 3.28. The summed E-state index contributed by atoms with van der Waals surface area (Å²) in [5.74, 6) is 0.229. The van der Waals surface area contributed by atoms with Gasteiger partial charge in [0.15, 0.2) is 0 Å². The SMILES string of the molecule is CCCCOCCCNC1CCN(C)C1=O. The lowest BCUT2D eigenvalue weighted by atomic mass is 10.2. The lowest BCUT2D eigenvalue weighted by molar-refractivity contribution is -0.128. The summed E-state index contributed by atoms with van der Waals surface area (Å²) in [6, 6.07) is 0.0423.